The monoisotopic (exact) mass is 390 g/mol. The van der Waals surface area contributed by atoms with Crippen molar-refractivity contribution in [3.63, 3.8) is 0 Å². The number of aromatic nitrogens is 2. The fourth-order valence-electron chi connectivity index (χ4n) is 1.94. The first-order valence-corrected chi connectivity index (χ1v) is 6.81. The van der Waals surface area contributed by atoms with Crippen LogP contribution in [0.25, 0.3) is 5.69 Å². The van der Waals surface area contributed by atoms with Gasteiger partial charge in [0.2, 0.25) is 0 Å². The fourth-order valence-corrected chi connectivity index (χ4v) is 2.58. The standard InChI is InChI=1S/C13H6Cl2F6N2O/c1-5-6(12(16,17)18)2-7(14)11(10(5)15)23-4-22-8(3-9(23)24)13(19,20)21/h2-4H,1H3. The Balaban J connectivity index is 2.71. The van der Waals surface area contributed by atoms with E-state index in [9.17, 15) is 31.1 Å². The summed E-state index contributed by atoms with van der Waals surface area (Å²) >= 11 is 11.6. The summed E-state index contributed by atoms with van der Waals surface area (Å²) in [5, 5.41) is -1.07. The summed E-state index contributed by atoms with van der Waals surface area (Å²) in [6.07, 6.45) is -9.08. The molecule has 24 heavy (non-hydrogen) atoms. The number of hydrogen-bond donors (Lipinski definition) is 0. The van der Waals surface area contributed by atoms with Gasteiger partial charge in [0.25, 0.3) is 5.56 Å². The van der Waals surface area contributed by atoms with E-state index < -0.39 is 44.8 Å². The molecule has 0 saturated heterocycles. The van der Waals surface area contributed by atoms with Crippen molar-refractivity contribution in [1.82, 2.24) is 9.55 Å². The molecule has 0 spiro atoms. The molecule has 1 heterocycles. The molecule has 130 valence electrons. The maximum absolute atomic E-state index is 12.9. The molecule has 2 rings (SSSR count). The second-order valence-corrected chi connectivity index (χ2v) is 5.46. The minimum atomic E-state index is -4.85. The second-order valence-electron chi connectivity index (χ2n) is 4.67. The Morgan fingerprint density at radius 1 is 1.04 bits per heavy atom. The predicted molar refractivity (Wildman–Crippen MR) is 74.6 cm³/mol. The molecule has 0 bridgehead atoms. The Kier molecular flexibility index (Phi) is 4.62. The molecule has 11 heteroatoms. The summed E-state index contributed by atoms with van der Waals surface area (Å²) < 4.78 is 76.8. The van der Waals surface area contributed by atoms with Crippen molar-refractivity contribution in [2.45, 2.75) is 19.3 Å². The van der Waals surface area contributed by atoms with Gasteiger partial charge in [0.05, 0.1) is 21.3 Å². The van der Waals surface area contributed by atoms with Crippen LogP contribution in [0.3, 0.4) is 0 Å². The van der Waals surface area contributed by atoms with Crippen LogP contribution >= 0.6 is 23.2 Å². The number of halogens is 8. The lowest BCUT2D eigenvalue weighted by atomic mass is 10.1. The van der Waals surface area contributed by atoms with Crippen molar-refractivity contribution >= 4 is 23.2 Å². The molecule has 0 aliphatic heterocycles. The molecular formula is C13H6Cl2F6N2O. The molecule has 0 amide bonds. The van der Waals surface area contributed by atoms with Crippen molar-refractivity contribution < 1.29 is 26.3 Å². The van der Waals surface area contributed by atoms with E-state index in [0.29, 0.717) is 17.0 Å². The average Bonchev–Trinajstić information content (AvgIpc) is 2.42. The smallest absolute Gasteiger partial charge is 0.269 e. The van der Waals surface area contributed by atoms with Gasteiger partial charge in [-0.1, -0.05) is 23.2 Å². The summed E-state index contributed by atoms with van der Waals surface area (Å²) in [6.45, 7) is 1.05. The molecule has 2 aromatic rings. The lowest BCUT2D eigenvalue weighted by molar-refractivity contribution is -0.141. The van der Waals surface area contributed by atoms with Crippen LogP contribution in [0.15, 0.2) is 23.3 Å². The summed E-state index contributed by atoms with van der Waals surface area (Å²) in [6, 6.07) is 0.738. The molecule has 1 aromatic heterocycles. The normalized spacial score (nSPS) is 12.5. The fraction of sp³-hybridized carbons (Fsp3) is 0.231. The van der Waals surface area contributed by atoms with E-state index >= 15 is 0 Å². The van der Waals surface area contributed by atoms with Crippen LogP contribution in [-0.2, 0) is 12.4 Å². The van der Waals surface area contributed by atoms with Crippen LogP contribution in [-0.4, -0.2) is 9.55 Å². The van der Waals surface area contributed by atoms with E-state index in [-0.39, 0.29) is 11.8 Å². The highest BCUT2D eigenvalue weighted by Gasteiger charge is 2.36. The first-order valence-electron chi connectivity index (χ1n) is 6.06. The van der Waals surface area contributed by atoms with Gasteiger partial charge in [-0.15, -0.1) is 0 Å². The lowest BCUT2D eigenvalue weighted by Gasteiger charge is -2.17. The Morgan fingerprint density at radius 3 is 2.08 bits per heavy atom. The van der Waals surface area contributed by atoms with Crippen molar-refractivity contribution in [3.8, 4) is 5.69 Å². The molecule has 3 nitrogen and oxygen atoms in total. The lowest BCUT2D eigenvalue weighted by Crippen LogP contribution is -2.23. The highest BCUT2D eigenvalue weighted by Crippen LogP contribution is 2.40. The van der Waals surface area contributed by atoms with Gasteiger partial charge in [-0.3, -0.25) is 9.36 Å². The van der Waals surface area contributed by atoms with Gasteiger partial charge in [-0.05, 0) is 18.6 Å². The van der Waals surface area contributed by atoms with Crippen molar-refractivity contribution in [1.29, 1.82) is 0 Å². The van der Waals surface area contributed by atoms with E-state index in [1.165, 1.54) is 0 Å². The maximum Gasteiger partial charge on any atom is 0.433 e. The van der Waals surface area contributed by atoms with Crippen LogP contribution < -0.4 is 5.56 Å². The molecule has 0 aliphatic rings. The van der Waals surface area contributed by atoms with E-state index in [4.69, 9.17) is 23.2 Å². The number of alkyl halides is 6. The molecule has 0 saturated carbocycles. The van der Waals surface area contributed by atoms with Crippen LogP contribution in [0.1, 0.15) is 16.8 Å². The predicted octanol–water partition coefficient (Wildman–Crippen LogP) is 4.89. The maximum atomic E-state index is 12.9. The van der Waals surface area contributed by atoms with E-state index in [2.05, 4.69) is 4.98 Å². The van der Waals surface area contributed by atoms with Gasteiger partial charge in [-0.2, -0.15) is 26.3 Å². The molecule has 0 unspecified atom stereocenters. The quantitative estimate of drug-likeness (QED) is 0.650. The third-order valence-corrected chi connectivity index (χ3v) is 3.84. The number of hydrogen-bond acceptors (Lipinski definition) is 2. The highest BCUT2D eigenvalue weighted by molar-refractivity contribution is 6.38. The summed E-state index contributed by atoms with van der Waals surface area (Å²) in [5.41, 5.74) is -4.56. The number of benzene rings is 1. The molecule has 0 aliphatic carbocycles. The van der Waals surface area contributed by atoms with Gasteiger partial charge >= 0.3 is 12.4 Å². The molecule has 0 N–H and O–H groups in total. The first-order chi connectivity index (χ1) is 10.8. The largest absolute Gasteiger partial charge is 0.433 e. The Hall–Kier alpha value is -1.74. The van der Waals surface area contributed by atoms with Gasteiger partial charge in [-0.25, -0.2) is 4.98 Å². The molecule has 0 atom stereocenters. The SMILES string of the molecule is Cc1c(C(F)(F)F)cc(Cl)c(-n2cnc(C(F)(F)F)cc2=O)c1Cl. The first kappa shape index (κ1) is 18.6. The Labute approximate surface area is 140 Å². The zero-order chi connectivity index (χ0) is 18.4. The Morgan fingerprint density at radius 2 is 1.62 bits per heavy atom. The molecule has 0 fully saturated rings. The minimum absolute atomic E-state index is 0.194. The highest BCUT2D eigenvalue weighted by atomic mass is 35.5. The van der Waals surface area contributed by atoms with Crippen LogP contribution in [0.5, 0.6) is 0 Å². The topological polar surface area (TPSA) is 34.9 Å². The van der Waals surface area contributed by atoms with Gasteiger partial charge in [0, 0.05) is 6.07 Å². The van der Waals surface area contributed by atoms with Gasteiger partial charge in [0.15, 0.2) is 5.69 Å². The zero-order valence-corrected chi connectivity index (χ0v) is 13.1. The molecule has 0 radical (unpaired) electrons. The van der Waals surface area contributed by atoms with Crippen molar-refractivity contribution in [2.75, 3.05) is 0 Å². The van der Waals surface area contributed by atoms with Crippen LogP contribution in [0, 0.1) is 6.92 Å². The van der Waals surface area contributed by atoms with Gasteiger partial charge in [0.1, 0.15) is 6.33 Å². The summed E-state index contributed by atoms with van der Waals surface area (Å²) in [5.74, 6) is 0. The van der Waals surface area contributed by atoms with Crippen LogP contribution in [0.2, 0.25) is 10.0 Å². The zero-order valence-electron chi connectivity index (χ0n) is 11.6. The second kappa shape index (κ2) is 5.96. The van der Waals surface area contributed by atoms with E-state index in [1.807, 2.05) is 0 Å². The third kappa shape index (κ3) is 3.36. The summed E-state index contributed by atoms with van der Waals surface area (Å²) in [7, 11) is 0. The van der Waals surface area contributed by atoms with Gasteiger partial charge < -0.3 is 0 Å². The third-order valence-electron chi connectivity index (χ3n) is 3.09. The molecular weight excluding hydrogens is 385 g/mol. The number of rotatable bonds is 1. The van der Waals surface area contributed by atoms with Crippen molar-refractivity contribution in [3.05, 3.63) is 55.7 Å². The van der Waals surface area contributed by atoms with Crippen LogP contribution in [0.4, 0.5) is 26.3 Å². The molecule has 1 aromatic carbocycles. The van der Waals surface area contributed by atoms with E-state index in [0.717, 1.165) is 6.92 Å². The average molecular weight is 391 g/mol. The summed E-state index contributed by atoms with van der Waals surface area (Å²) in [4.78, 5) is 14.9. The van der Waals surface area contributed by atoms with Crippen molar-refractivity contribution in [2.24, 2.45) is 0 Å². The number of nitrogens with zero attached hydrogens (tertiary/aromatic N) is 2. The Bertz CT molecular complexity index is 857. The minimum Gasteiger partial charge on any atom is -0.269 e. The van der Waals surface area contributed by atoms with E-state index in [1.54, 1.807) is 0 Å².